The molecule has 0 aliphatic carbocycles. The lowest BCUT2D eigenvalue weighted by Crippen LogP contribution is -2.16. The molecule has 1 rings (SSSR count). The summed E-state index contributed by atoms with van der Waals surface area (Å²) in [5.41, 5.74) is 0.641. The highest BCUT2D eigenvalue weighted by atomic mass is 35.5. The fourth-order valence-corrected chi connectivity index (χ4v) is 2.88. The van der Waals surface area contributed by atoms with E-state index in [1.54, 1.807) is 18.2 Å². The molecule has 0 bridgehead atoms. The summed E-state index contributed by atoms with van der Waals surface area (Å²) in [5.74, 6) is 0. The van der Waals surface area contributed by atoms with Gasteiger partial charge in [-0.3, -0.25) is 0 Å². The minimum Gasteiger partial charge on any atom is -0.312 e. The van der Waals surface area contributed by atoms with Crippen LogP contribution in [0.15, 0.2) is 35.2 Å². The summed E-state index contributed by atoms with van der Waals surface area (Å²) in [6.45, 7) is 3.22. The second-order valence-corrected chi connectivity index (χ2v) is 6.41. The number of rotatable bonds is 6. The number of nitrogens with one attached hydrogen (secondary N) is 1. The predicted octanol–water partition coefficient (Wildman–Crippen LogP) is 2.80. The van der Waals surface area contributed by atoms with E-state index < -0.39 is 9.84 Å². The second kappa shape index (κ2) is 6.92. The zero-order valence-corrected chi connectivity index (χ0v) is 12.2. The van der Waals surface area contributed by atoms with Gasteiger partial charge in [0.2, 0.25) is 0 Å². The Kier molecular flexibility index (Phi) is 5.85. The average Bonchev–Trinajstić information content (AvgIpc) is 2.29. The van der Waals surface area contributed by atoms with Crippen molar-refractivity contribution < 1.29 is 8.42 Å². The highest BCUT2D eigenvalue weighted by Crippen LogP contribution is 2.23. The molecule has 100 valence electrons. The third-order valence-corrected chi connectivity index (χ3v) is 4.04. The Labute approximate surface area is 114 Å². The van der Waals surface area contributed by atoms with Gasteiger partial charge in [0, 0.05) is 23.4 Å². The molecule has 0 spiro atoms. The minimum atomic E-state index is -3.24. The zero-order chi connectivity index (χ0) is 13.6. The van der Waals surface area contributed by atoms with Crippen LogP contribution in [-0.4, -0.2) is 21.2 Å². The lowest BCUT2D eigenvalue weighted by Gasteiger charge is -2.10. The molecule has 0 aliphatic rings. The normalized spacial score (nSPS) is 12.2. The van der Waals surface area contributed by atoms with E-state index in [4.69, 9.17) is 11.6 Å². The summed E-state index contributed by atoms with van der Waals surface area (Å²) >= 11 is 6.06. The molecule has 1 aromatic rings. The van der Waals surface area contributed by atoms with E-state index in [1.165, 1.54) is 6.26 Å². The summed E-state index contributed by atoms with van der Waals surface area (Å²) in [5, 5.41) is 3.67. The van der Waals surface area contributed by atoms with Crippen molar-refractivity contribution in [3.05, 3.63) is 40.9 Å². The third-order valence-electron chi connectivity index (χ3n) is 2.50. The number of hydrogen-bond donors (Lipinski definition) is 1. The van der Waals surface area contributed by atoms with Gasteiger partial charge in [-0.2, -0.15) is 0 Å². The summed E-state index contributed by atoms with van der Waals surface area (Å²) in [6, 6.07) is 4.95. The molecule has 5 heteroatoms. The molecular formula is C13H18ClNO2S. The topological polar surface area (TPSA) is 46.2 Å². The maximum absolute atomic E-state index is 11.6. The van der Waals surface area contributed by atoms with Crippen LogP contribution in [0, 0.1) is 0 Å². The molecule has 0 amide bonds. The molecule has 0 fully saturated rings. The fourth-order valence-electron chi connectivity index (χ4n) is 1.62. The molecule has 0 atom stereocenters. The molecule has 18 heavy (non-hydrogen) atoms. The van der Waals surface area contributed by atoms with Crippen molar-refractivity contribution in [2.75, 3.05) is 12.8 Å². The van der Waals surface area contributed by atoms with Crippen LogP contribution < -0.4 is 5.32 Å². The summed E-state index contributed by atoms with van der Waals surface area (Å²) in [6.07, 6.45) is 6.15. The molecular weight excluding hydrogens is 270 g/mol. The molecule has 0 aliphatic heterocycles. The van der Waals surface area contributed by atoms with E-state index in [-0.39, 0.29) is 0 Å². The predicted molar refractivity (Wildman–Crippen MR) is 75.7 cm³/mol. The molecule has 0 saturated carbocycles. The van der Waals surface area contributed by atoms with E-state index >= 15 is 0 Å². The number of sulfone groups is 1. The smallest absolute Gasteiger partial charge is 0.175 e. The second-order valence-electron chi connectivity index (χ2n) is 4.02. The zero-order valence-electron chi connectivity index (χ0n) is 10.6. The van der Waals surface area contributed by atoms with Crippen molar-refractivity contribution in [3.63, 3.8) is 0 Å². The number of halogens is 1. The number of allylic oxidation sites excluding steroid dienone is 1. The molecule has 1 aromatic carbocycles. The Hall–Kier alpha value is -0.840. The molecule has 3 nitrogen and oxygen atoms in total. The van der Waals surface area contributed by atoms with Gasteiger partial charge in [0.05, 0.1) is 4.90 Å². The molecule has 0 unspecified atom stereocenters. The van der Waals surface area contributed by atoms with Crippen molar-refractivity contribution in [2.24, 2.45) is 0 Å². The minimum absolute atomic E-state index is 0.300. The summed E-state index contributed by atoms with van der Waals surface area (Å²) in [7, 11) is -3.24. The van der Waals surface area contributed by atoms with Crippen LogP contribution in [0.3, 0.4) is 0 Å². The van der Waals surface area contributed by atoms with Gasteiger partial charge in [-0.25, -0.2) is 8.42 Å². The van der Waals surface area contributed by atoms with Crippen molar-refractivity contribution >= 4 is 21.4 Å². The Morgan fingerprint density at radius 1 is 1.39 bits per heavy atom. The standard InChI is InChI=1S/C13H18ClNO2S/c1-3-4-5-9-15-10-11-12(14)7-6-8-13(11)18(2,16)17/h3-4,6-8,15H,5,9-10H2,1-2H3/b4-3+. The highest BCUT2D eigenvalue weighted by molar-refractivity contribution is 7.90. The Morgan fingerprint density at radius 2 is 2.11 bits per heavy atom. The maximum Gasteiger partial charge on any atom is 0.175 e. The van der Waals surface area contributed by atoms with Gasteiger partial charge >= 0.3 is 0 Å². The third kappa shape index (κ3) is 4.44. The van der Waals surface area contributed by atoms with Crippen molar-refractivity contribution in [1.82, 2.24) is 5.32 Å². The molecule has 1 N–H and O–H groups in total. The lowest BCUT2D eigenvalue weighted by molar-refractivity contribution is 0.598. The van der Waals surface area contributed by atoms with Crippen LogP contribution in [0.5, 0.6) is 0 Å². The van der Waals surface area contributed by atoms with Crippen LogP contribution in [0.25, 0.3) is 0 Å². The van der Waals surface area contributed by atoms with Crippen molar-refractivity contribution in [3.8, 4) is 0 Å². The quantitative estimate of drug-likeness (QED) is 0.646. The highest BCUT2D eigenvalue weighted by Gasteiger charge is 2.15. The van der Waals surface area contributed by atoms with Gasteiger partial charge in [-0.05, 0) is 32.0 Å². The summed E-state index contributed by atoms with van der Waals surface area (Å²) < 4.78 is 23.3. The Balaban J connectivity index is 2.81. The lowest BCUT2D eigenvalue weighted by atomic mass is 10.2. The average molecular weight is 288 g/mol. The van der Waals surface area contributed by atoms with Gasteiger partial charge in [0.1, 0.15) is 0 Å². The van der Waals surface area contributed by atoms with Crippen LogP contribution in [-0.2, 0) is 16.4 Å². The SMILES string of the molecule is C/C=C/CCNCc1c(Cl)cccc1S(C)(=O)=O. The fraction of sp³-hybridized carbons (Fsp3) is 0.385. The van der Waals surface area contributed by atoms with E-state index in [9.17, 15) is 8.42 Å². The van der Waals surface area contributed by atoms with E-state index in [2.05, 4.69) is 11.4 Å². The van der Waals surface area contributed by atoms with Gasteiger partial charge < -0.3 is 5.32 Å². The van der Waals surface area contributed by atoms with E-state index in [0.29, 0.717) is 22.0 Å². The first-order valence-corrected chi connectivity index (χ1v) is 8.03. The molecule has 0 radical (unpaired) electrons. The van der Waals surface area contributed by atoms with Gasteiger partial charge in [0.15, 0.2) is 9.84 Å². The van der Waals surface area contributed by atoms with Crippen molar-refractivity contribution in [1.29, 1.82) is 0 Å². The Morgan fingerprint density at radius 3 is 2.72 bits per heavy atom. The first-order valence-electron chi connectivity index (χ1n) is 5.76. The first-order chi connectivity index (χ1) is 8.46. The monoisotopic (exact) mass is 287 g/mol. The Bertz CT molecular complexity index is 524. The van der Waals surface area contributed by atoms with Gasteiger partial charge in [-0.1, -0.05) is 29.8 Å². The first kappa shape index (κ1) is 15.2. The largest absolute Gasteiger partial charge is 0.312 e. The van der Waals surface area contributed by atoms with Crippen LogP contribution in [0.1, 0.15) is 18.9 Å². The maximum atomic E-state index is 11.6. The molecule has 0 aromatic heterocycles. The van der Waals surface area contributed by atoms with E-state index in [0.717, 1.165) is 13.0 Å². The van der Waals surface area contributed by atoms with E-state index in [1.807, 2.05) is 13.0 Å². The number of hydrogen-bond acceptors (Lipinski definition) is 3. The molecule has 0 heterocycles. The summed E-state index contributed by atoms with van der Waals surface area (Å²) in [4.78, 5) is 0.300. The molecule has 0 saturated heterocycles. The van der Waals surface area contributed by atoms with Crippen LogP contribution in [0.2, 0.25) is 5.02 Å². The van der Waals surface area contributed by atoms with Crippen LogP contribution >= 0.6 is 11.6 Å². The van der Waals surface area contributed by atoms with Gasteiger partial charge in [0.25, 0.3) is 0 Å². The van der Waals surface area contributed by atoms with Gasteiger partial charge in [-0.15, -0.1) is 0 Å². The number of benzene rings is 1. The van der Waals surface area contributed by atoms with Crippen molar-refractivity contribution in [2.45, 2.75) is 24.8 Å². The van der Waals surface area contributed by atoms with Crippen LogP contribution in [0.4, 0.5) is 0 Å².